The molecule has 2 amide bonds. The molecule has 0 aromatic heterocycles. The summed E-state index contributed by atoms with van der Waals surface area (Å²) in [5.74, 6) is -1.12. The first kappa shape index (κ1) is 14.6. The number of amides is 2. The van der Waals surface area contributed by atoms with Crippen LogP contribution in [-0.2, 0) is 0 Å². The van der Waals surface area contributed by atoms with Crippen molar-refractivity contribution in [2.24, 2.45) is 5.73 Å². The highest BCUT2D eigenvalue weighted by Crippen LogP contribution is 2.34. The Balaban J connectivity index is 2.28. The molecule has 0 aliphatic carbocycles. The number of fused-ring (bicyclic) bond motifs is 1. The van der Waals surface area contributed by atoms with Crippen molar-refractivity contribution in [3.8, 4) is 0 Å². The Kier molecular flexibility index (Phi) is 3.68. The van der Waals surface area contributed by atoms with Gasteiger partial charge in [0.25, 0.3) is 0 Å². The standard InChI is InChI=1S/C18H14N2O3/c19-18(23)20(16-10-4-3-9-14(16)17(21)22)15-11-5-7-12-6-1-2-8-13(12)15/h1-11H,(H2,19,23)(H,21,22). The number of carbonyl (C=O) groups excluding carboxylic acids is 1. The van der Waals surface area contributed by atoms with Crippen LogP contribution in [0.4, 0.5) is 16.2 Å². The molecule has 0 spiro atoms. The minimum Gasteiger partial charge on any atom is -0.478 e. The van der Waals surface area contributed by atoms with Crippen molar-refractivity contribution < 1.29 is 14.7 Å². The summed E-state index contributed by atoms with van der Waals surface area (Å²) in [5, 5.41) is 11.1. The fourth-order valence-corrected chi connectivity index (χ4v) is 2.62. The van der Waals surface area contributed by atoms with Gasteiger partial charge in [-0.15, -0.1) is 0 Å². The second-order valence-electron chi connectivity index (χ2n) is 4.99. The monoisotopic (exact) mass is 306 g/mol. The SMILES string of the molecule is NC(=O)N(c1ccccc1C(=O)O)c1cccc2ccccc12. The van der Waals surface area contributed by atoms with E-state index >= 15 is 0 Å². The van der Waals surface area contributed by atoms with Crippen LogP contribution in [0.1, 0.15) is 10.4 Å². The summed E-state index contributed by atoms with van der Waals surface area (Å²) in [6.45, 7) is 0. The smallest absolute Gasteiger partial charge is 0.337 e. The number of para-hydroxylation sites is 1. The first-order valence-corrected chi connectivity index (χ1v) is 6.99. The van der Waals surface area contributed by atoms with Crippen molar-refractivity contribution in [3.63, 3.8) is 0 Å². The predicted molar refractivity (Wildman–Crippen MR) is 89.1 cm³/mol. The zero-order chi connectivity index (χ0) is 16.4. The van der Waals surface area contributed by atoms with Crippen LogP contribution in [0.25, 0.3) is 10.8 Å². The molecule has 5 heteroatoms. The van der Waals surface area contributed by atoms with E-state index in [1.54, 1.807) is 30.3 Å². The van der Waals surface area contributed by atoms with E-state index in [9.17, 15) is 14.7 Å². The molecule has 0 bridgehead atoms. The molecule has 0 aliphatic rings. The van der Waals surface area contributed by atoms with Crippen molar-refractivity contribution in [2.45, 2.75) is 0 Å². The van der Waals surface area contributed by atoms with Crippen LogP contribution >= 0.6 is 0 Å². The molecule has 0 radical (unpaired) electrons. The Morgan fingerprint density at radius 1 is 0.826 bits per heavy atom. The van der Waals surface area contributed by atoms with Crippen molar-refractivity contribution >= 4 is 34.1 Å². The van der Waals surface area contributed by atoms with E-state index in [4.69, 9.17) is 5.73 Å². The quantitative estimate of drug-likeness (QED) is 0.773. The number of aromatic carboxylic acids is 1. The van der Waals surface area contributed by atoms with Gasteiger partial charge in [0.1, 0.15) is 0 Å². The average molecular weight is 306 g/mol. The lowest BCUT2D eigenvalue weighted by Gasteiger charge is -2.23. The Morgan fingerprint density at radius 2 is 1.43 bits per heavy atom. The number of nitrogens with zero attached hydrogens (tertiary/aromatic N) is 1. The molecule has 3 aromatic carbocycles. The Hall–Kier alpha value is -3.34. The van der Waals surface area contributed by atoms with Crippen LogP contribution in [0.15, 0.2) is 66.7 Å². The number of nitrogens with two attached hydrogens (primary N) is 1. The second-order valence-corrected chi connectivity index (χ2v) is 4.99. The highest BCUT2D eigenvalue weighted by molar-refractivity contribution is 6.10. The van der Waals surface area contributed by atoms with Crippen LogP contribution < -0.4 is 10.6 Å². The molecule has 0 saturated heterocycles. The van der Waals surface area contributed by atoms with Crippen LogP contribution in [0.5, 0.6) is 0 Å². The lowest BCUT2D eigenvalue weighted by Crippen LogP contribution is -2.32. The number of carboxylic acid groups (broad SMARTS) is 1. The number of urea groups is 1. The van der Waals surface area contributed by atoms with E-state index < -0.39 is 12.0 Å². The van der Waals surface area contributed by atoms with Crippen LogP contribution in [0, 0.1) is 0 Å². The third-order valence-corrected chi connectivity index (χ3v) is 3.60. The number of carboxylic acids is 1. The Bertz CT molecular complexity index is 900. The third kappa shape index (κ3) is 2.60. The zero-order valence-corrected chi connectivity index (χ0v) is 12.1. The molecule has 23 heavy (non-hydrogen) atoms. The second kappa shape index (κ2) is 5.81. The molecule has 0 heterocycles. The van der Waals surface area contributed by atoms with Gasteiger partial charge < -0.3 is 10.8 Å². The number of anilines is 2. The predicted octanol–water partition coefficient (Wildman–Crippen LogP) is 3.75. The van der Waals surface area contributed by atoms with E-state index in [1.807, 2.05) is 30.3 Å². The topological polar surface area (TPSA) is 83.6 Å². The van der Waals surface area contributed by atoms with Gasteiger partial charge in [-0.3, -0.25) is 4.90 Å². The Labute approximate surface area is 132 Å². The highest BCUT2D eigenvalue weighted by atomic mass is 16.4. The summed E-state index contributed by atoms with van der Waals surface area (Å²) < 4.78 is 0. The number of hydrogen-bond donors (Lipinski definition) is 2. The largest absolute Gasteiger partial charge is 0.478 e. The van der Waals surface area contributed by atoms with Gasteiger partial charge >= 0.3 is 12.0 Å². The first-order chi connectivity index (χ1) is 11.1. The number of rotatable bonds is 3. The summed E-state index contributed by atoms with van der Waals surface area (Å²) in [6.07, 6.45) is 0. The number of primary amides is 1. The molecule has 3 N–H and O–H groups in total. The van der Waals surface area contributed by atoms with Crippen molar-refractivity contribution in [2.75, 3.05) is 4.90 Å². The molecule has 3 aromatic rings. The molecule has 5 nitrogen and oxygen atoms in total. The maximum atomic E-state index is 12.1. The molecular weight excluding hydrogens is 292 g/mol. The van der Waals surface area contributed by atoms with Gasteiger partial charge in [-0.1, -0.05) is 48.5 Å². The van der Waals surface area contributed by atoms with Gasteiger partial charge in [0.05, 0.1) is 16.9 Å². The van der Waals surface area contributed by atoms with Crippen LogP contribution in [-0.4, -0.2) is 17.1 Å². The van der Waals surface area contributed by atoms with E-state index in [0.717, 1.165) is 10.8 Å². The van der Waals surface area contributed by atoms with Gasteiger partial charge in [0.15, 0.2) is 0 Å². The molecule has 114 valence electrons. The van der Waals surface area contributed by atoms with E-state index in [-0.39, 0.29) is 11.3 Å². The molecular formula is C18H14N2O3. The minimum absolute atomic E-state index is 0.0132. The van der Waals surface area contributed by atoms with E-state index in [0.29, 0.717) is 5.69 Å². The van der Waals surface area contributed by atoms with Gasteiger partial charge in [-0.2, -0.15) is 0 Å². The minimum atomic E-state index is -1.12. The lowest BCUT2D eigenvalue weighted by atomic mass is 10.1. The number of hydrogen-bond acceptors (Lipinski definition) is 2. The summed E-state index contributed by atoms with van der Waals surface area (Å²) in [7, 11) is 0. The van der Waals surface area contributed by atoms with Gasteiger partial charge in [0.2, 0.25) is 0 Å². The van der Waals surface area contributed by atoms with Gasteiger partial charge in [0, 0.05) is 5.39 Å². The van der Waals surface area contributed by atoms with Gasteiger partial charge in [-0.05, 0) is 23.6 Å². The third-order valence-electron chi connectivity index (χ3n) is 3.60. The van der Waals surface area contributed by atoms with Crippen molar-refractivity contribution in [1.82, 2.24) is 0 Å². The number of benzene rings is 3. The summed E-state index contributed by atoms with van der Waals surface area (Å²) in [6, 6.07) is 18.5. The van der Waals surface area contributed by atoms with Crippen LogP contribution in [0.3, 0.4) is 0 Å². The van der Waals surface area contributed by atoms with Crippen molar-refractivity contribution in [1.29, 1.82) is 0 Å². The first-order valence-electron chi connectivity index (χ1n) is 6.99. The summed E-state index contributed by atoms with van der Waals surface area (Å²) >= 11 is 0. The maximum Gasteiger partial charge on any atom is 0.337 e. The van der Waals surface area contributed by atoms with E-state index in [1.165, 1.54) is 11.0 Å². The summed E-state index contributed by atoms with van der Waals surface area (Å²) in [4.78, 5) is 24.8. The summed E-state index contributed by atoms with van der Waals surface area (Å²) in [5.41, 5.74) is 6.35. The number of carbonyl (C=O) groups is 2. The molecule has 0 atom stereocenters. The van der Waals surface area contributed by atoms with Crippen molar-refractivity contribution in [3.05, 3.63) is 72.3 Å². The lowest BCUT2D eigenvalue weighted by molar-refractivity contribution is 0.0698. The molecule has 3 rings (SSSR count). The Morgan fingerprint density at radius 3 is 2.17 bits per heavy atom. The highest BCUT2D eigenvalue weighted by Gasteiger charge is 2.22. The normalized spacial score (nSPS) is 10.4. The molecule has 0 unspecified atom stereocenters. The molecule has 0 fully saturated rings. The fourth-order valence-electron chi connectivity index (χ4n) is 2.62. The van der Waals surface area contributed by atoms with Gasteiger partial charge in [-0.25, -0.2) is 9.59 Å². The van der Waals surface area contributed by atoms with E-state index in [2.05, 4.69) is 0 Å². The average Bonchev–Trinajstić information content (AvgIpc) is 2.55. The maximum absolute atomic E-state index is 12.1. The molecule has 0 saturated carbocycles. The molecule has 0 aliphatic heterocycles. The zero-order valence-electron chi connectivity index (χ0n) is 12.1. The van der Waals surface area contributed by atoms with Crippen LogP contribution in [0.2, 0.25) is 0 Å². The fraction of sp³-hybridized carbons (Fsp3) is 0.